The van der Waals surface area contributed by atoms with E-state index in [0.29, 0.717) is 26.0 Å². The maximum absolute atomic E-state index is 11.9. The van der Waals surface area contributed by atoms with Crippen molar-refractivity contribution in [3.05, 3.63) is 0 Å². The first-order valence-corrected chi connectivity index (χ1v) is 6.52. The first-order valence-electron chi connectivity index (χ1n) is 6.52. The number of amides is 1. The molecule has 0 radical (unpaired) electrons. The number of morpholine rings is 1. The summed E-state index contributed by atoms with van der Waals surface area (Å²) >= 11 is 0. The molecule has 102 valence electrons. The van der Waals surface area contributed by atoms with Crippen LogP contribution >= 0.6 is 0 Å². The summed E-state index contributed by atoms with van der Waals surface area (Å²) in [5.74, 6) is -1.05. The third-order valence-corrected chi connectivity index (χ3v) is 3.64. The van der Waals surface area contributed by atoms with Gasteiger partial charge >= 0.3 is 5.97 Å². The van der Waals surface area contributed by atoms with Gasteiger partial charge in [-0.3, -0.25) is 9.59 Å². The zero-order valence-electron chi connectivity index (χ0n) is 10.4. The van der Waals surface area contributed by atoms with Gasteiger partial charge in [0.15, 0.2) is 0 Å². The Morgan fingerprint density at radius 3 is 2.50 bits per heavy atom. The molecule has 1 saturated carbocycles. The van der Waals surface area contributed by atoms with Crippen LogP contribution < -0.4 is 10.6 Å². The van der Waals surface area contributed by atoms with E-state index < -0.39 is 12.1 Å². The molecule has 0 aromatic rings. The number of carbonyl (C=O) groups excluding carboxylic acids is 1. The Balaban J connectivity index is 1.73. The minimum atomic E-state index is -0.723. The van der Waals surface area contributed by atoms with Crippen molar-refractivity contribution in [1.82, 2.24) is 10.6 Å². The zero-order chi connectivity index (χ0) is 13.0. The van der Waals surface area contributed by atoms with E-state index in [2.05, 4.69) is 10.6 Å². The highest BCUT2D eigenvalue weighted by Crippen LogP contribution is 2.24. The Morgan fingerprint density at radius 2 is 1.94 bits per heavy atom. The van der Waals surface area contributed by atoms with Gasteiger partial charge in [-0.15, -0.1) is 0 Å². The summed E-state index contributed by atoms with van der Waals surface area (Å²) in [6.07, 6.45) is 2.36. The largest absolute Gasteiger partial charge is 0.481 e. The smallest absolute Gasteiger partial charge is 0.306 e. The molecule has 1 aliphatic heterocycles. The van der Waals surface area contributed by atoms with Crippen LogP contribution in [0.5, 0.6) is 0 Å². The lowest BCUT2D eigenvalue weighted by atomic mass is 9.86. The zero-order valence-corrected chi connectivity index (χ0v) is 10.4. The summed E-state index contributed by atoms with van der Waals surface area (Å²) in [4.78, 5) is 22.7. The summed E-state index contributed by atoms with van der Waals surface area (Å²) in [6, 6.07) is 0.0960. The molecule has 6 nitrogen and oxygen atoms in total. The van der Waals surface area contributed by atoms with Crippen LogP contribution in [0.1, 0.15) is 25.7 Å². The van der Waals surface area contributed by atoms with Crippen molar-refractivity contribution in [2.75, 3.05) is 19.7 Å². The summed E-state index contributed by atoms with van der Waals surface area (Å²) in [6.45, 7) is 1.90. The SMILES string of the molecule is O=C(O)C1CCC(NC(=O)C2CNCCO2)CC1. The normalized spacial score (nSPS) is 32.8. The molecule has 6 heteroatoms. The molecule has 1 amide bonds. The van der Waals surface area contributed by atoms with Crippen molar-refractivity contribution in [2.45, 2.75) is 37.8 Å². The highest BCUT2D eigenvalue weighted by molar-refractivity contribution is 5.81. The van der Waals surface area contributed by atoms with Gasteiger partial charge < -0.3 is 20.5 Å². The Morgan fingerprint density at radius 1 is 1.22 bits per heavy atom. The first-order chi connectivity index (χ1) is 8.66. The molecular formula is C12H20N2O4. The van der Waals surface area contributed by atoms with Crippen LogP contribution in [0.2, 0.25) is 0 Å². The Kier molecular flexibility index (Phi) is 4.54. The maximum atomic E-state index is 11.9. The minimum Gasteiger partial charge on any atom is -0.481 e. The fourth-order valence-corrected chi connectivity index (χ4v) is 2.51. The van der Waals surface area contributed by atoms with Crippen molar-refractivity contribution in [3.8, 4) is 0 Å². The summed E-state index contributed by atoms with van der Waals surface area (Å²) < 4.78 is 5.37. The van der Waals surface area contributed by atoms with Crippen molar-refractivity contribution in [3.63, 3.8) is 0 Å². The van der Waals surface area contributed by atoms with E-state index in [-0.39, 0.29) is 17.9 Å². The number of ether oxygens (including phenoxy) is 1. The second-order valence-electron chi connectivity index (χ2n) is 4.96. The standard InChI is InChI=1S/C12H20N2O4/c15-11(10-7-13-5-6-18-10)14-9-3-1-8(2-4-9)12(16)17/h8-10,13H,1-7H2,(H,14,15)(H,16,17). The lowest BCUT2D eigenvalue weighted by molar-refractivity contribution is -0.143. The third kappa shape index (κ3) is 3.43. The average molecular weight is 256 g/mol. The number of nitrogens with one attached hydrogen (secondary N) is 2. The van der Waals surface area contributed by atoms with E-state index in [9.17, 15) is 9.59 Å². The number of carbonyl (C=O) groups is 2. The van der Waals surface area contributed by atoms with Crippen LogP contribution in [0.15, 0.2) is 0 Å². The lowest BCUT2D eigenvalue weighted by Gasteiger charge is -2.29. The molecule has 2 rings (SSSR count). The highest BCUT2D eigenvalue weighted by Gasteiger charge is 2.29. The quantitative estimate of drug-likeness (QED) is 0.647. The van der Waals surface area contributed by atoms with Gasteiger partial charge in [0.1, 0.15) is 6.10 Å². The molecule has 1 atom stereocenters. The van der Waals surface area contributed by atoms with E-state index in [0.717, 1.165) is 19.4 Å². The summed E-state index contributed by atoms with van der Waals surface area (Å²) in [7, 11) is 0. The van der Waals surface area contributed by atoms with E-state index in [4.69, 9.17) is 9.84 Å². The second kappa shape index (κ2) is 6.15. The number of carboxylic acid groups (broad SMARTS) is 1. The molecule has 1 heterocycles. The van der Waals surface area contributed by atoms with Gasteiger partial charge in [-0.25, -0.2) is 0 Å². The first kappa shape index (κ1) is 13.3. The fourth-order valence-electron chi connectivity index (χ4n) is 2.51. The van der Waals surface area contributed by atoms with Crippen LogP contribution in [0.4, 0.5) is 0 Å². The van der Waals surface area contributed by atoms with Gasteiger partial charge in [0.2, 0.25) is 0 Å². The number of hydrogen-bond acceptors (Lipinski definition) is 4. The van der Waals surface area contributed by atoms with Crippen molar-refractivity contribution in [2.24, 2.45) is 5.92 Å². The topological polar surface area (TPSA) is 87.7 Å². The molecule has 1 saturated heterocycles. The van der Waals surface area contributed by atoms with Gasteiger partial charge in [-0.05, 0) is 25.7 Å². The predicted octanol–water partition coefficient (Wildman–Crippen LogP) is -0.266. The monoisotopic (exact) mass is 256 g/mol. The van der Waals surface area contributed by atoms with Crippen LogP contribution in [-0.2, 0) is 14.3 Å². The number of hydrogen-bond donors (Lipinski definition) is 3. The number of carboxylic acids is 1. The molecule has 2 fully saturated rings. The van der Waals surface area contributed by atoms with Gasteiger partial charge in [0.05, 0.1) is 12.5 Å². The van der Waals surface area contributed by atoms with Crippen molar-refractivity contribution < 1.29 is 19.4 Å². The van der Waals surface area contributed by atoms with E-state index in [1.807, 2.05) is 0 Å². The molecule has 1 unspecified atom stereocenters. The predicted molar refractivity (Wildman–Crippen MR) is 64.1 cm³/mol. The van der Waals surface area contributed by atoms with Crippen molar-refractivity contribution >= 4 is 11.9 Å². The molecule has 0 bridgehead atoms. The number of rotatable bonds is 3. The second-order valence-corrected chi connectivity index (χ2v) is 4.96. The maximum Gasteiger partial charge on any atom is 0.306 e. The van der Waals surface area contributed by atoms with Gasteiger partial charge in [-0.2, -0.15) is 0 Å². The molecule has 0 aromatic carbocycles. The third-order valence-electron chi connectivity index (χ3n) is 3.64. The molecule has 1 aliphatic carbocycles. The van der Waals surface area contributed by atoms with Crippen LogP contribution in [-0.4, -0.2) is 48.8 Å². The van der Waals surface area contributed by atoms with E-state index >= 15 is 0 Å². The molecule has 0 spiro atoms. The Bertz CT molecular complexity index is 307. The van der Waals surface area contributed by atoms with Gasteiger partial charge in [0, 0.05) is 19.1 Å². The molecular weight excluding hydrogens is 236 g/mol. The van der Waals surface area contributed by atoms with Gasteiger partial charge in [0.25, 0.3) is 5.91 Å². The molecule has 3 N–H and O–H groups in total. The Hall–Kier alpha value is -1.14. The minimum absolute atomic E-state index is 0.0824. The van der Waals surface area contributed by atoms with E-state index in [1.165, 1.54) is 0 Å². The van der Waals surface area contributed by atoms with Crippen LogP contribution in [0.25, 0.3) is 0 Å². The summed E-state index contributed by atoms with van der Waals surface area (Å²) in [5, 5.41) is 15.0. The van der Waals surface area contributed by atoms with Crippen LogP contribution in [0, 0.1) is 5.92 Å². The number of aliphatic carboxylic acids is 1. The fraction of sp³-hybridized carbons (Fsp3) is 0.833. The molecule has 18 heavy (non-hydrogen) atoms. The highest BCUT2D eigenvalue weighted by atomic mass is 16.5. The summed E-state index contributed by atoms with van der Waals surface area (Å²) in [5.41, 5.74) is 0. The lowest BCUT2D eigenvalue weighted by Crippen LogP contribution is -2.51. The average Bonchev–Trinajstić information content (AvgIpc) is 2.40. The Labute approximate surface area is 106 Å². The molecule has 2 aliphatic rings. The van der Waals surface area contributed by atoms with Crippen molar-refractivity contribution in [1.29, 1.82) is 0 Å². The van der Waals surface area contributed by atoms with Gasteiger partial charge in [-0.1, -0.05) is 0 Å². The van der Waals surface area contributed by atoms with Crippen LogP contribution in [0.3, 0.4) is 0 Å². The van der Waals surface area contributed by atoms with E-state index in [1.54, 1.807) is 0 Å². The molecule has 0 aromatic heterocycles.